The topological polar surface area (TPSA) is 39.2 Å². The third-order valence-electron chi connectivity index (χ3n) is 4.45. The van der Waals surface area contributed by atoms with E-state index in [1.807, 2.05) is 18.2 Å². The fourth-order valence-electron chi connectivity index (χ4n) is 3.15. The summed E-state index contributed by atoms with van der Waals surface area (Å²) in [6, 6.07) is 17.6. The van der Waals surface area contributed by atoms with E-state index in [1.54, 1.807) is 61.1 Å². The molecule has 0 N–H and O–H groups in total. The van der Waals surface area contributed by atoms with E-state index in [-0.39, 0.29) is 5.56 Å². The van der Waals surface area contributed by atoms with Gasteiger partial charge in [-0.3, -0.25) is 14.3 Å². The molecule has 4 aromatic rings. The number of para-hydroxylation sites is 1. The second kappa shape index (κ2) is 7.92. The summed E-state index contributed by atoms with van der Waals surface area (Å²) in [7, 11) is 0. The summed E-state index contributed by atoms with van der Waals surface area (Å²) in [5.41, 5.74) is 3.37. The highest BCUT2D eigenvalue weighted by atomic mass is 35.5. The third-order valence-corrected chi connectivity index (χ3v) is 4.89. The Morgan fingerprint density at radius 3 is 2.34 bits per heavy atom. The molecule has 2 aromatic carbocycles. The normalized spacial score (nSPS) is 10.5. The molecular formula is C23H13Cl2N3O. The van der Waals surface area contributed by atoms with Gasteiger partial charge in [-0.25, -0.2) is 4.85 Å². The molecule has 2 heterocycles. The SMILES string of the molecule is [C-]#[N+]c1ccccc1-c1cc(-c2cc(Cl)cc(Cl)c2)c(=O)n(-c2cccnc2)c1. The predicted octanol–water partition coefficient (Wildman–Crippen LogP) is 6.42. The number of benzene rings is 2. The Morgan fingerprint density at radius 2 is 1.66 bits per heavy atom. The average molecular weight is 418 g/mol. The van der Waals surface area contributed by atoms with Crippen LogP contribution in [0.15, 0.2) is 84.0 Å². The van der Waals surface area contributed by atoms with Crippen molar-refractivity contribution in [1.82, 2.24) is 9.55 Å². The third kappa shape index (κ3) is 3.79. The van der Waals surface area contributed by atoms with Gasteiger partial charge in [-0.1, -0.05) is 47.5 Å². The zero-order valence-electron chi connectivity index (χ0n) is 15.0. The van der Waals surface area contributed by atoms with Crippen LogP contribution in [0.2, 0.25) is 10.0 Å². The number of rotatable bonds is 3. The smallest absolute Gasteiger partial charge is 0.263 e. The fourth-order valence-corrected chi connectivity index (χ4v) is 3.67. The highest BCUT2D eigenvalue weighted by Gasteiger charge is 2.14. The molecule has 0 aliphatic heterocycles. The standard InChI is InChI=1S/C23H13Cl2N3O/c1-26-22-7-3-2-6-20(22)16-11-21(15-9-17(24)12-18(25)10-15)23(29)28(14-16)19-5-4-8-27-13-19/h2-14H. The van der Waals surface area contributed by atoms with E-state index >= 15 is 0 Å². The summed E-state index contributed by atoms with van der Waals surface area (Å²) in [5.74, 6) is 0. The lowest BCUT2D eigenvalue weighted by Gasteiger charge is -2.13. The first kappa shape index (κ1) is 18.9. The molecule has 0 saturated heterocycles. The molecule has 0 bridgehead atoms. The maximum atomic E-state index is 13.3. The summed E-state index contributed by atoms with van der Waals surface area (Å²) >= 11 is 12.3. The number of pyridine rings is 2. The van der Waals surface area contributed by atoms with Gasteiger partial charge in [0.15, 0.2) is 5.69 Å². The van der Waals surface area contributed by atoms with Crippen molar-refractivity contribution in [2.45, 2.75) is 0 Å². The minimum atomic E-state index is -0.236. The molecule has 0 saturated carbocycles. The fraction of sp³-hybridized carbons (Fsp3) is 0. The van der Waals surface area contributed by atoms with Crippen LogP contribution < -0.4 is 5.56 Å². The molecule has 0 aliphatic carbocycles. The lowest BCUT2D eigenvalue weighted by atomic mass is 10.00. The van der Waals surface area contributed by atoms with E-state index in [1.165, 1.54) is 4.57 Å². The first-order valence-electron chi connectivity index (χ1n) is 8.67. The van der Waals surface area contributed by atoms with Crippen LogP contribution in [0.4, 0.5) is 5.69 Å². The molecule has 29 heavy (non-hydrogen) atoms. The monoisotopic (exact) mass is 417 g/mol. The second-order valence-electron chi connectivity index (χ2n) is 6.32. The van der Waals surface area contributed by atoms with Crippen molar-refractivity contribution < 1.29 is 0 Å². The molecule has 0 unspecified atom stereocenters. The highest BCUT2D eigenvalue weighted by Crippen LogP contribution is 2.33. The summed E-state index contributed by atoms with van der Waals surface area (Å²) in [6.45, 7) is 7.48. The van der Waals surface area contributed by atoms with Gasteiger partial charge in [0.2, 0.25) is 0 Å². The lowest BCUT2D eigenvalue weighted by Crippen LogP contribution is -2.20. The molecule has 4 nitrogen and oxygen atoms in total. The van der Waals surface area contributed by atoms with Gasteiger partial charge in [0.25, 0.3) is 5.56 Å². The number of hydrogen-bond acceptors (Lipinski definition) is 2. The maximum absolute atomic E-state index is 13.3. The molecule has 0 radical (unpaired) electrons. The van der Waals surface area contributed by atoms with Crippen molar-refractivity contribution in [3.63, 3.8) is 0 Å². The van der Waals surface area contributed by atoms with E-state index in [9.17, 15) is 4.79 Å². The van der Waals surface area contributed by atoms with Crippen molar-refractivity contribution >= 4 is 28.9 Å². The van der Waals surface area contributed by atoms with Gasteiger partial charge in [-0.05, 0) is 53.1 Å². The minimum Gasteiger partial charge on any atom is -0.282 e. The van der Waals surface area contributed by atoms with Crippen LogP contribution in [-0.2, 0) is 0 Å². The molecule has 0 fully saturated rings. The zero-order chi connectivity index (χ0) is 20.4. The Bertz CT molecular complexity index is 1290. The van der Waals surface area contributed by atoms with Crippen molar-refractivity contribution in [3.8, 4) is 27.9 Å². The van der Waals surface area contributed by atoms with Gasteiger partial charge in [0.05, 0.1) is 18.5 Å². The summed E-state index contributed by atoms with van der Waals surface area (Å²) in [6.07, 6.45) is 4.98. The molecular weight excluding hydrogens is 405 g/mol. The van der Waals surface area contributed by atoms with E-state index in [2.05, 4.69) is 9.83 Å². The highest BCUT2D eigenvalue weighted by molar-refractivity contribution is 6.35. The largest absolute Gasteiger partial charge is 0.282 e. The van der Waals surface area contributed by atoms with Gasteiger partial charge in [-0.2, -0.15) is 0 Å². The van der Waals surface area contributed by atoms with Crippen molar-refractivity contribution in [2.75, 3.05) is 0 Å². The molecule has 4 rings (SSSR count). The van der Waals surface area contributed by atoms with Crippen LogP contribution in [0.25, 0.3) is 32.8 Å². The Morgan fingerprint density at radius 1 is 0.897 bits per heavy atom. The minimum absolute atomic E-state index is 0.236. The van der Waals surface area contributed by atoms with Crippen LogP contribution in [0.1, 0.15) is 0 Å². The van der Waals surface area contributed by atoms with E-state index in [0.717, 1.165) is 11.1 Å². The second-order valence-corrected chi connectivity index (χ2v) is 7.19. The lowest BCUT2D eigenvalue weighted by molar-refractivity contribution is 0.983. The van der Waals surface area contributed by atoms with Crippen LogP contribution in [0, 0.1) is 6.57 Å². The van der Waals surface area contributed by atoms with Gasteiger partial charge in [0.1, 0.15) is 0 Å². The molecule has 2 aromatic heterocycles. The maximum Gasteiger partial charge on any atom is 0.263 e. The summed E-state index contributed by atoms with van der Waals surface area (Å²) in [4.78, 5) is 21.0. The molecule has 0 spiro atoms. The molecule has 6 heteroatoms. The van der Waals surface area contributed by atoms with Crippen LogP contribution in [0.5, 0.6) is 0 Å². The van der Waals surface area contributed by atoms with Crippen molar-refractivity contribution in [1.29, 1.82) is 0 Å². The van der Waals surface area contributed by atoms with Gasteiger partial charge < -0.3 is 0 Å². The van der Waals surface area contributed by atoms with Crippen LogP contribution in [0.3, 0.4) is 0 Å². The quantitative estimate of drug-likeness (QED) is 0.360. The van der Waals surface area contributed by atoms with Gasteiger partial charge in [0, 0.05) is 28.0 Å². The molecule has 0 atom stereocenters. The Labute approximate surface area is 177 Å². The zero-order valence-corrected chi connectivity index (χ0v) is 16.5. The Balaban J connectivity index is 2.06. The number of halogens is 2. The first-order chi connectivity index (χ1) is 14.1. The Kier molecular flexibility index (Phi) is 5.18. The van der Waals surface area contributed by atoms with E-state index < -0.39 is 0 Å². The average Bonchev–Trinajstić information content (AvgIpc) is 2.74. The van der Waals surface area contributed by atoms with Gasteiger partial charge >= 0.3 is 0 Å². The molecule has 0 aliphatic rings. The summed E-state index contributed by atoms with van der Waals surface area (Å²) < 4.78 is 1.52. The van der Waals surface area contributed by atoms with Crippen LogP contribution >= 0.6 is 23.2 Å². The van der Waals surface area contributed by atoms with Crippen molar-refractivity contribution in [3.05, 3.63) is 111 Å². The number of aromatic nitrogens is 2. The van der Waals surface area contributed by atoms with Crippen molar-refractivity contribution in [2.24, 2.45) is 0 Å². The van der Waals surface area contributed by atoms with Gasteiger partial charge in [-0.15, -0.1) is 0 Å². The van der Waals surface area contributed by atoms with Crippen LogP contribution in [-0.4, -0.2) is 9.55 Å². The van der Waals surface area contributed by atoms with E-state index in [0.29, 0.717) is 32.5 Å². The molecule has 140 valence electrons. The predicted molar refractivity (Wildman–Crippen MR) is 117 cm³/mol. The Hall–Kier alpha value is -3.39. The molecule has 0 amide bonds. The number of nitrogens with zero attached hydrogens (tertiary/aromatic N) is 3. The van der Waals surface area contributed by atoms with E-state index in [4.69, 9.17) is 29.8 Å². The first-order valence-corrected chi connectivity index (χ1v) is 9.43. The number of hydrogen-bond donors (Lipinski definition) is 0. The summed E-state index contributed by atoms with van der Waals surface area (Å²) in [5, 5.41) is 0.874.